The van der Waals surface area contributed by atoms with Crippen LogP contribution in [0.5, 0.6) is 0 Å². The Labute approximate surface area is 126 Å². The summed E-state index contributed by atoms with van der Waals surface area (Å²) in [6, 6.07) is 1.34. The van der Waals surface area contributed by atoms with E-state index in [1.165, 1.54) is 10.4 Å². The lowest BCUT2D eigenvalue weighted by molar-refractivity contribution is 0.0495. The first-order chi connectivity index (χ1) is 9.45. The fourth-order valence-corrected chi connectivity index (χ4v) is 4.44. The van der Waals surface area contributed by atoms with Crippen LogP contribution in [-0.4, -0.2) is 44.6 Å². The van der Waals surface area contributed by atoms with Gasteiger partial charge in [-0.2, -0.15) is 0 Å². The SMILES string of the molecule is CN(CC1CCCOC1)S(=O)(=O)c1cc(CO)oc1Br. The number of nitrogens with zero attached hydrogens (tertiary/aromatic N) is 1. The maximum atomic E-state index is 12.5. The topological polar surface area (TPSA) is 80.0 Å². The van der Waals surface area contributed by atoms with E-state index < -0.39 is 10.0 Å². The van der Waals surface area contributed by atoms with Crippen LogP contribution < -0.4 is 0 Å². The van der Waals surface area contributed by atoms with Crippen molar-refractivity contribution >= 4 is 26.0 Å². The minimum Gasteiger partial charge on any atom is -0.450 e. The van der Waals surface area contributed by atoms with Gasteiger partial charge in [0, 0.05) is 26.3 Å². The highest BCUT2D eigenvalue weighted by Gasteiger charge is 2.29. The summed E-state index contributed by atoms with van der Waals surface area (Å²) < 4.78 is 36.9. The van der Waals surface area contributed by atoms with E-state index in [0.717, 1.165) is 19.4 Å². The van der Waals surface area contributed by atoms with Crippen molar-refractivity contribution in [2.75, 3.05) is 26.8 Å². The van der Waals surface area contributed by atoms with Crippen molar-refractivity contribution in [2.24, 2.45) is 5.92 Å². The van der Waals surface area contributed by atoms with E-state index in [9.17, 15) is 8.42 Å². The highest BCUT2D eigenvalue weighted by atomic mass is 79.9. The highest BCUT2D eigenvalue weighted by molar-refractivity contribution is 9.10. The zero-order chi connectivity index (χ0) is 14.8. The number of hydrogen-bond donors (Lipinski definition) is 1. The molecule has 1 aliphatic rings. The summed E-state index contributed by atoms with van der Waals surface area (Å²) in [5.74, 6) is 0.427. The van der Waals surface area contributed by atoms with Crippen molar-refractivity contribution < 1.29 is 22.7 Å². The van der Waals surface area contributed by atoms with E-state index >= 15 is 0 Å². The molecule has 1 aliphatic heterocycles. The van der Waals surface area contributed by atoms with Gasteiger partial charge in [-0.3, -0.25) is 0 Å². The van der Waals surface area contributed by atoms with Gasteiger partial charge in [0.25, 0.3) is 0 Å². The van der Waals surface area contributed by atoms with Gasteiger partial charge in [-0.25, -0.2) is 12.7 Å². The van der Waals surface area contributed by atoms with Crippen molar-refractivity contribution in [3.8, 4) is 0 Å². The normalized spacial score (nSPS) is 20.5. The van der Waals surface area contributed by atoms with Crippen LogP contribution in [0.25, 0.3) is 0 Å². The van der Waals surface area contributed by atoms with Gasteiger partial charge in [-0.1, -0.05) is 0 Å². The largest absolute Gasteiger partial charge is 0.450 e. The number of ether oxygens (including phenoxy) is 1. The van der Waals surface area contributed by atoms with Crippen molar-refractivity contribution in [3.05, 3.63) is 16.5 Å². The maximum absolute atomic E-state index is 12.5. The second-order valence-electron chi connectivity index (χ2n) is 4.88. The van der Waals surface area contributed by atoms with Gasteiger partial charge in [0.2, 0.25) is 10.0 Å². The van der Waals surface area contributed by atoms with E-state index in [4.69, 9.17) is 14.3 Å². The van der Waals surface area contributed by atoms with Crippen molar-refractivity contribution in [3.63, 3.8) is 0 Å². The minimum absolute atomic E-state index is 0.0424. The van der Waals surface area contributed by atoms with Gasteiger partial charge in [-0.05, 0) is 34.7 Å². The fraction of sp³-hybridized carbons (Fsp3) is 0.667. The van der Waals surface area contributed by atoms with Crippen LogP contribution >= 0.6 is 15.9 Å². The third-order valence-electron chi connectivity index (χ3n) is 3.32. The summed E-state index contributed by atoms with van der Waals surface area (Å²) >= 11 is 3.08. The lowest BCUT2D eigenvalue weighted by Crippen LogP contribution is -2.35. The lowest BCUT2D eigenvalue weighted by Gasteiger charge is -2.26. The lowest BCUT2D eigenvalue weighted by atomic mass is 10.0. The maximum Gasteiger partial charge on any atom is 0.247 e. The highest BCUT2D eigenvalue weighted by Crippen LogP contribution is 2.29. The second-order valence-corrected chi connectivity index (χ2v) is 7.61. The first-order valence-electron chi connectivity index (χ1n) is 6.38. The molecule has 0 spiro atoms. The molecule has 1 N–H and O–H groups in total. The van der Waals surface area contributed by atoms with Crippen molar-refractivity contribution in [1.29, 1.82) is 0 Å². The van der Waals surface area contributed by atoms with Gasteiger partial charge >= 0.3 is 0 Å². The Morgan fingerprint density at radius 1 is 1.55 bits per heavy atom. The minimum atomic E-state index is -3.63. The molecule has 114 valence electrons. The summed E-state index contributed by atoms with van der Waals surface area (Å²) in [7, 11) is -2.09. The van der Waals surface area contributed by atoms with Crippen LogP contribution in [0.3, 0.4) is 0 Å². The van der Waals surface area contributed by atoms with Crippen LogP contribution in [0.2, 0.25) is 0 Å². The summed E-state index contributed by atoms with van der Waals surface area (Å²) in [6.07, 6.45) is 1.93. The summed E-state index contributed by atoms with van der Waals surface area (Å²) in [5, 5.41) is 9.00. The molecule has 2 heterocycles. The molecule has 0 aromatic carbocycles. The first kappa shape index (κ1) is 16.0. The number of aliphatic hydroxyl groups is 1. The molecule has 1 aromatic heterocycles. The van der Waals surface area contributed by atoms with Gasteiger partial charge in [0.15, 0.2) is 4.67 Å². The van der Waals surface area contributed by atoms with E-state index in [1.54, 1.807) is 7.05 Å². The Morgan fingerprint density at radius 3 is 2.85 bits per heavy atom. The molecule has 0 aliphatic carbocycles. The number of hydrogen-bond acceptors (Lipinski definition) is 5. The van der Waals surface area contributed by atoms with Crippen molar-refractivity contribution in [2.45, 2.75) is 24.3 Å². The third kappa shape index (κ3) is 3.43. The van der Waals surface area contributed by atoms with E-state index in [2.05, 4.69) is 15.9 Å². The van der Waals surface area contributed by atoms with Crippen molar-refractivity contribution in [1.82, 2.24) is 4.31 Å². The predicted molar refractivity (Wildman–Crippen MR) is 75.7 cm³/mol. The number of halogens is 1. The zero-order valence-corrected chi connectivity index (χ0v) is 13.6. The average Bonchev–Trinajstić information content (AvgIpc) is 2.82. The summed E-state index contributed by atoms with van der Waals surface area (Å²) in [6.45, 7) is 1.41. The van der Waals surface area contributed by atoms with E-state index in [0.29, 0.717) is 13.2 Å². The molecule has 0 saturated carbocycles. The Hall–Kier alpha value is -0.410. The molecule has 8 heteroatoms. The zero-order valence-electron chi connectivity index (χ0n) is 11.2. The Balaban J connectivity index is 2.13. The standard InChI is InChI=1S/C12H18BrNO5S/c1-14(6-9-3-2-4-18-8-9)20(16,17)11-5-10(7-15)19-12(11)13/h5,9,15H,2-4,6-8H2,1H3. The predicted octanol–water partition coefficient (Wildman–Crippen LogP) is 1.58. The van der Waals surface area contributed by atoms with Gasteiger partial charge in [0.1, 0.15) is 17.3 Å². The fourth-order valence-electron chi connectivity index (χ4n) is 2.23. The summed E-state index contributed by atoms with van der Waals surface area (Å²) in [5.41, 5.74) is 0. The molecule has 0 bridgehead atoms. The second kappa shape index (κ2) is 6.57. The quantitative estimate of drug-likeness (QED) is 0.854. The number of aliphatic hydroxyl groups excluding tert-OH is 1. The molecule has 1 unspecified atom stereocenters. The Bertz CT molecular complexity index is 550. The van der Waals surface area contributed by atoms with Crippen LogP contribution in [0.1, 0.15) is 18.6 Å². The molecule has 2 rings (SSSR count). The van der Waals surface area contributed by atoms with Gasteiger partial charge in [0.05, 0.1) is 6.61 Å². The third-order valence-corrected chi connectivity index (χ3v) is 6.00. The molecule has 20 heavy (non-hydrogen) atoms. The molecule has 0 amide bonds. The molecular formula is C12H18BrNO5S. The van der Waals surface area contributed by atoms with E-state index in [-0.39, 0.29) is 27.9 Å². The number of furan rings is 1. The van der Waals surface area contributed by atoms with E-state index in [1.807, 2.05) is 0 Å². The number of sulfonamides is 1. The molecule has 1 saturated heterocycles. The van der Waals surface area contributed by atoms with Gasteiger partial charge < -0.3 is 14.3 Å². The smallest absolute Gasteiger partial charge is 0.247 e. The molecule has 6 nitrogen and oxygen atoms in total. The van der Waals surface area contributed by atoms with Crippen LogP contribution in [0.15, 0.2) is 20.0 Å². The molecule has 1 fully saturated rings. The molecule has 0 radical (unpaired) electrons. The Morgan fingerprint density at radius 2 is 2.30 bits per heavy atom. The van der Waals surface area contributed by atoms with Gasteiger partial charge in [-0.15, -0.1) is 0 Å². The van der Waals surface area contributed by atoms with Crippen LogP contribution in [-0.2, 0) is 21.4 Å². The molecule has 1 atom stereocenters. The van der Waals surface area contributed by atoms with Crippen LogP contribution in [0, 0.1) is 5.92 Å². The first-order valence-corrected chi connectivity index (χ1v) is 8.61. The number of rotatable bonds is 5. The average molecular weight is 368 g/mol. The summed E-state index contributed by atoms with van der Waals surface area (Å²) in [4.78, 5) is 0.0424. The van der Waals surface area contributed by atoms with Crippen LogP contribution in [0.4, 0.5) is 0 Å². The Kier molecular flexibility index (Phi) is 5.25. The monoisotopic (exact) mass is 367 g/mol. The molecular weight excluding hydrogens is 350 g/mol. The molecule has 1 aromatic rings.